The van der Waals surface area contributed by atoms with Crippen molar-refractivity contribution in [3.05, 3.63) is 64.6 Å². The zero-order valence-electron chi connectivity index (χ0n) is 15.7. The molecule has 3 rings (SSSR count). The number of primary amides is 1. The van der Waals surface area contributed by atoms with Crippen LogP contribution in [-0.2, 0) is 9.59 Å². The number of ether oxygens (including phenoxy) is 1. The Morgan fingerprint density at radius 1 is 1.21 bits per heavy atom. The Hall–Kier alpha value is -3.06. The summed E-state index contributed by atoms with van der Waals surface area (Å²) in [4.78, 5) is 30.6. The van der Waals surface area contributed by atoms with Crippen molar-refractivity contribution in [2.75, 3.05) is 13.2 Å². The van der Waals surface area contributed by atoms with Crippen LogP contribution in [-0.4, -0.2) is 35.0 Å². The van der Waals surface area contributed by atoms with Crippen molar-refractivity contribution in [3.63, 3.8) is 0 Å². The first kappa shape index (κ1) is 19.7. The largest absolute Gasteiger partial charge is 0.483 e. The summed E-state index contributed by atoms with van der Waals surface area (Å²) in [5, 5.41) is 0.637. The highest BCUT2D eigenvalue weighted by atomic mass is 32.2. The fourth-order valence-electron chi connectivity index (χ4n) is 2.62. The van der Waals surface area contributed by atoms with Crippen molar-refractivity contribution in [2.45, 2.75) is 13.8 Å². The van der Waals surface area contributed by atoms with Crippen LogP contribution in [0.1, 0.15) is 18.1 Å². The van der Waals surface area contributed by atoms with Crippen LogP contribution in [0.4, 0.5) is 5.69 Å². The van der Waals surface area contributed by atoms with E-state index in [1.807, 2.05) is 50.2 Å². The second-order valence-electron chi connectivity index (χ2n) is 6.18. The number of nitrogens with two attached hydrogens (primary N) is 1. The quantitative estimate of drug-likeness (QED) is 0.759. The first-order valence-electron chi connectivity index (χ1n) is 8.85. The van der Waals surface area contributed by atoms with E-state index in [1.54, 1.807) is 23.1 Å². The molecule has 2 amide bonds. The molecule has 2 N–H and O–H groups in total. The summed E-state index contributed by atoms with van der Waals surface area (Å²) in [5.41, 5.74) is 7.80. The van der Waals surface area contributed by atoms with Crippen molar-refractivity contribution >= 4 is 40.5 Å². The number of rotatable bonds is 6. The Kier molecular flexibility index (Phi) is 6.16. The van der Waals surface area contributed by atoms with Gasteiger partial charge in [-0.25, -0.2) is 4.99 Å². The van der Waals surface area contributed by atoms with Gasteiger partial charge in [-0.2, -0.15) is 0 Å². The summed E-state index contributed by atoms with van der Waals surface area (Å²) in [6, 6.07) is 15.0. The third-order valence-corrected chi connectivity index (χ3v) is 5.05. The molecule has 0 saturated carbocycles. The Bertz CT molecular complexity index is 952. The number of benzene rings is 2. The van der Waals surface area contributed by atoms with Gasteiger partial charge in [0.15, 0.2) is 11.8 Å². The third-order valence-electron chi connectivity index (χ3n) is 4.04. The molecule has 0 unspecified atom stereocenters. The summed E-state index contributed by atoms with van der Waals surface area (Å²) in [7, 11) is 0. The number of carbonyl (C=O) groups is 2. The van der Waals surface area contributed by atoms with Gasteiger partial charge in [-0.3, -0.25) is 14.5 Å². The molecule has 6 nitrogen and oxygen atoms in total. The molecule has 7 heteroatoms. The second-order valence-corrected chi connectivity index (χ2v) is 7.19. The molecule has 0 spiro atoms. The van der Waals surface area contributed by atoms with Crippen LogP contribution < -0.4 is 10.5 Å². The summed E-state index contributed by atoms with van der Waals surface area (Å²) in [6.45, 7) is 4.23. The molecular formula is C21H21N3O3S. The van der Waals surface area contributed by atoms with Crippen molar-refractivity contribution in [1.29, 1.82) is 0 Å². The lowest BCUT2D eigenvalue weighted by Crippen LogP contribution is -2.28. The molecule has 1 fully saturated rings. The summed E-state index contributed by atoms with van der Waals surface area (Å²) in [5.74, 6) is -0.171. The predicted molar refractivity (Wildman–Crippen MR) is 112 cm³/mol. The van der Waals surface area contributed by atoms with Gasteiger partial charge in [0.25, 0.3) is 11.8 Å². The van der Waals surface area contributed by atoms with Crippen LogP contribution >= 0.6 is 11.8 Å². The number of amidine groups is 1. The van der Waals surface area contributed by atoms with Gasteiger partial charge in [-0.05, 0) is 49.9 Å². The minimum Gasteiger partial charge on any atom is -0.483 e. The van der Waals surface area contributed by atoms with Gasteiger partial charge in [0, 0.05) is 12.1 Å². The van der Waals surface area contributed by atoms with Crippen molar-refractivity contribution in [3.8, 4) is 5.75 Å². The zero-order valence-corrected chi connectivity index (χ0v) is 16.5. The number of hydrogen-bond acceptors (Lipinski definition) is 5. The average molecular weight is 395 g/mol. The third kappa shape index (κ3) is 4.61. The number of thioether (sulfide) groups is 1. The maximum Gasteiger partial charge on any atom is 0.266 e. The summed E-state index contributed by atoms with van der Waals surface area (Å²) >= 11 is 1.32. The molecular weight excluding hydrogens is 374 g/mol. The number of likely N-dealkylation sites (N-methyl/N-ethyl adjacent to an activating group) is 1. The van der Waals surface area contributed by atoms with Crippen molar-refractivity contribution in [2.24, 2.45) is 10.7 Å². The maximum absolute atomic E-state index is 12.8. The Labute approximate surface area is 168 Å². The summed E-state index contributed by atoms with van der Waals surface area (Å²) < 4.78 is 5.45. The number of aliphatic imine (C=N–C) groups is 1. The number of nitrogens with zero attached hydrogens (tertiary/aromatic N) is 2. The van der Waals surface area contributed by atoms with Gasteiger partial charge in [-0.15, -0.1) is 0 Å². The van der Waals surface area contributed by atoms with Gasteiger partial charge >= 0.3 is 0 Å². The smallest absolute Gasteiger partial charge is 0.266 e. The van der Waals surface area contributed by atoms with Gasteiger partial charge in [0.1, 0.15) is 5.75 Å². The number of hydrogen-bond donors (Lipinski definition) is 1. The first-order valence-corrected chi connectivity index (χ1v) is 9.66. The van der Waals surface area contributed by atoms with E-state index < -0.39 is 5.91 Å². The van der Waals surface area contributed by atoms with E-state index in [-0.39, 0.29) is 12.5 Å². The van der Waals surface area contributed by atoms with Crippen LogP contribution in [0.15, 0.2) is 58.4 Å². The van der Waals surface area contributed by atoms with Crippen LogP contribution in [0.3, 0.4) is 0 Å². The van der Waals surface area contributed by atoms with E-state index in [9.17, 15) is 9.59 Å². The molecule has 0 atom stereocenters. The predicted octanol–water partition coefficient (Wildman–Crippen LogP) is 3.48. The molecule has 2 aromatic carbocycles. The topological polar surface area (TPSA) is 85.0 Å². The summed E-state index contributed by atoms with van der Waals surface area (Å²) in [6.07, 6.45) is 1.75. The van der Waals surface area contributed by atoms with E-state index in [4.69, 9.17) is 10.5 Å². The van der Waals surface area contributed by atoms with Crippen LogP contribution in [0, 0.1) is 6.92 Å². The SMILES string of the molecule is CCN1C(=O)/C(=C\c2ccccc2OCC(N)=O)SC1=Nc1ccc(C)cc1. The minimum absolute atomic E-state index is 0.108. The molecule has 0 aromatic heterocycles. The molecule has 1 aliphatic rings. The van der Waals surface area contributed by atoms with E-state index in [2.05, 4.69) is 4.99 Å². The van der Waals surface area contributed by atoms with Crippen LogP contribution in [0.25, 0.3) is 6.08 Å². The van der Waals surface area contributed by atoms with E-state index >= 15 is 0 Å². The molecule has 1 saturated heterocycles. The minimum atomic E-state index is -0.557. The van der Waals surface area contributed by atoms with E-state index in [1.165, 1.54) is 11.8 Å². The zero-order chi connectivity index (χ0) is 20.1. The van der Waals surface area contributed by atoms with E-state index in [0.717, 1.165) is 11.3 Å². The lowest BCUT2D eigenvalue weighted by Gasteiger charge is -2.12. The van der Waals surface area contributed by atoms with Crippen LogP contribution in [0.2, 0.25) is 0 Å². The molecule has 2 aromatic rings. The number of aryl methyl sites for hydroxylation is 1. The lowest BCUT2D eigenvalue weighted by atomic mass is 10.2. The number of amides is 2. The highest BCUT2D eigenvalue weighted by Crippen LogP contribution is 2.35. The van der Waals surface area contributed by atoms with E-state index in [0.29, 0.717) is 27.9 Å². The maximum atomic E-state index is 12.8. The normalized spacial score (nSPS) is 16.8. The highest BCUT2D eigenvalue weighted by Gasteiger charge is 2.32. The molecule has 0 radical (unpaired) electrons. The number of para-hydroxylation sites is 1. The standard InChI is InChI=1S/C21H21N3O3S/c1-3-24-20(26)18(28-21(24)23-16-10-8-14(2)9-11-16)12-15-6-4-5-7-17(15)27-13-19(22)25/h4-12H,3,13H2,1-2H3,(H2,22,25)/b18-12+,23-21?. The Morgan fingerprint density at radius 3 is 2.61 bits per heavy atom. The Morgan fingerprint density at radius 2 is 1.93 bits per heavy atom. The molecule has 0 bridgehead atoms. The van der Waals surface area contributed by atoms with Gasteiger partial charge < -0.3 is 10.5 Å². The molecule has 1 aliphatic heterocycles. The fourth-order valence-corrected chi connectivity index (χ4v) is 3.67. The molecule has 1 heterocycles. The van der Waals surface area contributed by atoms with Gasteiger partial charge in [-0.1, -0.05) is 35.9 Å². The van der Waals surface area contributed by atoms with Crippen molar-refractivity contribution in [1.82, 2.24) is 4.90 Å². The molecule has 0 aliphatic carbocycles. The number of carbonyl (C=O) groups excluding carboxylic acids is 2. The highest BCUT2D eigenvalue weighted by molar-refractivity contribution is 8.18. The fraction of sp³-hybridized carbons (Fsp3) is 0.190. The molecule has 144 valence electrons. The molecule has 28 heavy (non-hydrogen) atoms. The lowest BCUT2D eigenvalue weighted by molar-refractivity contribution is -0.122. The second kappa shape index (κ2) is 8.75. The van der Waals surface area contributed by atoms with Gasteiger partial charge in [0.05, 0.1) is 10.6 Å². The monoisotopic (exact) mass is 395 g/mol. The Balaban J connectivity index is 1.90. The first-order chi connectivity index (χ1) is 13.5. The van der Waals surface area contributed by atoms with Crippen LogP contribution in [0.5, 0.6) is 5.75 Å². The van der Waals surface area contributed by atoms with Crippen molar-refractivity contribution < 1.29 is 14.3 Å². The average Bonchev–Trinajstić information content (AvgIpc) is 2.97. The van der Waals surface area contributed by atoms with Gasteiger partial charge in [0.2, 0.25) is 0 Å².